The fourth-order valence-electron chi connectivity index (χ4n) is 2.75. The molecule has 140 valence electrons. The Bertz CT molecular complexity index is 1160. The average Bonchev–Trinajstić information content (AvgIpc) is 3.24. The monoisotopic (exact) mass is 380 g/mol. The summed E-state index contributed by atoms with van der Waals surface area (Å²) in [5.41, 5.74) is 1.67. The summed E-state index contributed by atoms with van der Waals surface area (Å²) in [7, 11) is 0. The zero-order valence-electron chi connectivity index (χ0n) is 14.1. The number of nitrogens with one attached hydrogen (secondary N) is 2. The van der Waals surface area contributed by atoms with E-state index in [9.17, 15) is 14.4 Å². The van der Waals surface area contributed by atoms with Gasteiger partial charge in [0.2, 0.25) is 11.5 Å². The van der Waals surface area contributed by atoms with Crippen molar-refractivity contribution in [1.82, 2.24) is 0 Å². The molecule has 4 rings (SSSR count). The van der Waals surface area contributed by atoms with Crippen LogP contribution in [0, 0.1) is 0 Å². The predicted molar refractivity (Wildman–Crippen MR) is 99.0 cm³/mol. The van der Waals surface area contributed by atoms with Gasteiger partial charge in [-0.1, -0.05) is 0 Å². The van der Waals surface area contributed by atoms with E-state index in [1.807, 2.05) is 0 Å². The third-order valence-electron chi connectivity index (χ3n) is 3.97. The lowest BCUT2D eigenvalue weighted by molar-refractivity contribution is 0.0655. The van der Waals surface area contributed by atoms with E-state index < -0.39 is 18.0 Å². The summed E-state index contributed by atoms with van der Waals surface area (Å²) in [6.07, 6.45) is 0. The van der Waals surface area contributed by atoms with Crippen molar-refractivity contribution in [1.29, 1.82) is 0 Å². The van der Waals surface area contributed by atoms with Crippen molar-refractivity contribution >= 4 is 51.3 Å². The number of furan rings is 2. The highest BCUT2D eigenvalue weighted by atomic mass is 16.4. The molecule has 4 aromatic rings. The van der Waals surface area contributed by atoms with Crippen molar-refractivity contribution in [3.8, 4) is 0 Å². The highest BCUT2D eigenvalue weighted by molar-refractivity contribution is 6.02. The van der Waals surface area contributed by atoms with Gasteiger partial charge in [0.25, 0.3) is 0 Å². The van der Waals surface area contributed by atoms with Crippen LogP contribution < -0.4 is 10.6 Å². The third kappa shape index (κ3) is 3.23. The van der Waals surface area contributed by atoms with E-state index in [4.69, 9.17) is 19.0 Å². The SMILES string of the molecule is O=C(Nc1ccc2oc(C(=O)O)cc2c1)Nc1ccc2oc(C(=O)O)cc2c1. The summed E-state index contributed by atoms with van der Waals surface area (Å²) < 4.78 is 10.3. The first kappa shape index (κ1) is 17.2. The summed E-state index contributed by atoms with van der Waals surface area (Å²) in [6, 6.07) is 11.7. The molecule has 0 aliphatic heterocycles. The van der Waals surface area contributed by atoms with Crippen LogP contribution in [0.1, 0.15) is 21.1 Å². The van der Waals surface area contributed by atoms with Gasteiger partial charge < -0.3 is 29.7 Å². The zero-order chi connectivity index (χ0) is 19.8. The van der Waals surface area contributed by atoms with Crippen LogP contribution in [0.5, 0.6) is 0 Å². The summed E-state index contributed by atoms with van der Waals surface area (Å²) in [6.45, 7) is 0. The number of carbonyl (C=O) groups is 3. The molecule has 28 heavy (non-hydrogen) atoms. The second-order valence-corrected chi connectivity index (χ2v) is 5.92. The number of urea groups is 1. The molecule has 0 radical (unpaired) electrons. The molecule has 0 saturated heterocycles. The molecular formula is C19H12N2O7. The Morgan fingerprint density at radius 1 is 0.679 bits per heavy atom. The van der Waals surface area contributed by atoms with Gasteiger partial charge in [-0.25, -0.2) is 14.4 Å². The first-order valence-corrected chi connectivity index (χ1v) is 8.01. The van der Waals surface area contributed by atoms with E-state index >= 15 is 0 Å². The minimum atomic E-state index is -1.18. The lowest BCUT2D eigenvalue weighted by Crippen LogP contribution is -2.19. The van der Waals surface area contributed by atoms with Crippen LogP contribution >= 0.6 is 0 Å². The second-order valence-electron chi connectivity index (χ2n) is 5.92. The van der Waals surface area contributed by atoms with Crippen LogP contribution in [-0.4, -0.2) is 28.2 Å². The molecule has 0 bridgehead atoms. The fraction of sp³-hybridized carbons (Fsp3) is 0. The van der Waals surface area contributed by atoms with E-state index in [1.165, 1.54) is 12.1 Å². The zero-order valence-corrected chi connectivity index (χ0v) is 14.1. The third-order valence-corrected chi connectivity index (χ3v) is 3.97. The topological polar surface area (TPSA) is 142 Å². The van der Waals surface area contributed by atoms with Crippen molar-refractivity contribution < 1.29 is 33.4 Å². The van der Waals surface area contributed by atoms with Gasteiger partial charge in [0.15, 0.2) is 0 Å². The van der Waals surface area contributed by atoms with Crippen LogP contribution in [0.4, 0.5) is 16.2 Å². The molecule has 0 fully saturated rings. The molecule has 0 unspecified atom stereocenters. The Morgan fingerprint density at radius 3 is 1.50 bits per heavy atom. The van der Waals surface area contributed by atoms with E-state index in [0.29, 0.717) is 33.3 Å². The standard InChI is InChI=1S/C19H12N2O7/c22-17(23)15-7-9-5-11(1-3-13(9)27-15)20-19(26)21-12-2-4-14-10(6-12)8-16(28-14)18(24)25/h1-8H,(H,22,23)(H,24,25)(H2,20,21,26). The van der Waals surface area contributed by atoms with Crippen molar-refractivity contribution in [2.45, 2.75) is 0 Å². The maximum absolute atomic E-state index is 12.2. The molecule has 0 spiro atoms. The summed E-state index contributed by atoms with van der Waals surface area (Å²) in [5.74, 6) is -2.73. The number of benzene rings is 2. The molecule has 9 heteroatoms. The van der Waals surface area contributed by atoms with Crippen molar-refractivity contribution in [3.63, 3.8) is 0 Å². The number of hydrogen-bond donors (Lipinski definition) is 4. The summed E-state index contributed by atoms with van der Waals surface area (Å²) >= 11 is 0. The quantitative estimate of drug-likeness (QED) is 0.415. The molecule has 0 saturated carbocycles. The van der Waals surface area contributed by atoms with Gasteiger partial charge in [-0.05, 0) is 48.5 Å². The molecule has 2 heterocycles. The number of carboxylic acids is 2. The molecule has 0 atom stereocenters. The van der Waals surface area contributed by atoms with E-state index in [-0.39, 0.29) is 11.5 Å². The fourth-order valence-corrected chi connectivity index (χ4v) is 2.75. The molecule has 2 amide bonds. The average molecular weight is 380 g/mol. The van der Waals surface area contributed by atoms with Crippen molar-refractivity contribution in [2.24, 2.45) is 0 Å². The summed E-state index contributed by atoms with van der Waals surface area (Å²) in [5, 5.41) is 24.3. The number of rotatable bonds is 4. The minimum absolute atomic E-state index is 0.189. The van der Waals surface area contributed by atoms with Gasteiger partial charge in [0, 0.05) is 22.1 Å². The van der Waals surface area contributed by atoms with E-state index in [1.54, 1.807) is 36.4 Å². The lowest BCUT2D eigenvalue weighted by Gasteiger charge is -2.07. The van der Waals surface area contributed by atoms with Crippen LogP contribution in [0.15, 0.2) is 57.4 Å². The normalized spacial score (nSPS) is 10.9. The highest BCUT2D eigenvalue weighted by Crippen LogP contribution is 2.25. The van der Waals surface area contributed by atoms with Gasteiger partial charge in [-0.3, -0.25) is 0 Å². The highest BCUT2D eigenvalue weighted by Gasteiger charge is 2.13. The number of carboxylic acid groups (broad SMARTS) is 2. The van der Waals surface area contributed by atoms with Crippen LogP contribution in [0.3, 0.4) is 0 Å². The van der Waals surface area contributed by atoms with Gasteiger partial charge in [0.05, 0.1) is 0 Å². The van der Waals surface area contributed by atoms with Gasteiger partial charge in [-0.15, -0.1) is 0 Å². The van der Waals surface area contributed by atoms with Crippen molar-refractivity contribution in [2.75, 3.05) is 10.6 Å². The Hall–Kier alpha value is -4.27. The van der Waals surface area contributed by atoms with Crippen LogP contribution in [-0.2, 0) is 0 Å². The van der Waals surface area contributed by atoms with Crippen molar-refractivity contribution in [3.05, 3.63) is 60.1 Å². The predicted octanol–water partition coefficient (Wildman–Crippen LogP) is 4.22. The van der Waals surface area contributed by atoms with Gasteiger partial charge in [0.1, 0.15) is 11.2 Å². The molecule has 0 aliphatic carbocycles. The Labute approximate surface area is 156 Å². The van der Waals surface area contributed by atoms with Crippen LogP contribution in [0.25, 0.3) is 21.9 Å². The lowest BCUT2D eigenvalue weighted by atomic mass is 10.2. The Morgan fingerprint density at radius 2 is 1.11 bits per heavy atom. The number of amides is 2. The maximum atomic E-state index is 12.2. The van der Waals surface area contributed by atoms with Gasteiger partial charge in [-0.2, -0.15) is 0 Å². The number of aromatic carboxylic acids is 2. The summed E-state index contributed by atoms with van der Waals surface area (Å²) in [4.78, 5) is 34.1. The maximum Gasteiger partial charge on any atom is 0.371 e. The molecule has 2 aromatic carbocycles. The Balaban J connectivity index is 1.50. The number of hydrogen-bond acceptors (Lipinski definition) is 5. The molecule has 2 aromatic heterocycles. The number of carbonyl (C=O) groups excluding carboxylic acids is 1. The Kier molecular flexibility index (Phi) is 3.96. The van der Waals surface area contributed by atoms with Crippen LogP contribution in [0.2, 0.25) is 0 Å². The van der Waals surface area contributed by atoms with Gasteiger partial charge >= 0.3 is 18.0 Å². The first-order chi connectivity index (χ1) is 13.4. The number of anilines is 2. The largest absolute Gasteiger partial charge is 0.475 e. The molecule has 4 N–H and O–H groups in total. The number of fused-ring (bicyclic) bond motifs is 2. The minimum Gasteiger partial charge on any atom is -0.475 e. The molecule has 0 aliphatic rings. The molecule has 9 nitrogen and oxygen atoms in total. The smallest absolute Gasteiger partial charge is 0.371 e. The first-order valence-electron chi connectivity index (χ1n) is 8.01. The second kappa shape index (κ2) is 6.47. The van der Waals surface area contributed by atoms with E-state index in [0.717, 1.165) is 0 Å². The van der Waals surface area contributed by atoms with E-state index in [2.05, 4.69) is 10.6 Å². The molecular weight excluding hydrogens is 368 g/mol.